The summed E-state index contributed by atoms with van der Waals surface area (Å²) in [5, 5.41) is 12.4. The number of halogens is 1. The van der Waals surface area contributed by atoms with Crippen molar-refractivity contribution in [1.29, 1.82) is 0 Å². The number of carbonyl (C=O) groups excluding carboxylic acids is 1. The Morgan fingerprint density at radius 2 is 2.11 bits per heavy atom. The van der Waals surface area contributed by atoms with Gasteiger partial charge in [-0.25, -0.2) is 0 Å². The molecular formula is C13H17ClN2O2. The highest BCUT2D eigenvalue weighted by molar-refractivity contribution is 6.32. The van der Waals surface area contributed by atoms with E-state index in [0.29, 0.717) is 5.56 Å². The van der Waals surface area contributed by atoms with Crippen molar-refractivity contribution < 1.29 is 9.90 Å². The van der Waals surface area contributed by atoms with Crippen molar-refractivity contribution in [1.82, 2.24) is 5.32 Å². The van der Waals surface area contributed by atoms with E-state index in [2.05, 4.69) is 5.32 Å². The lowest BCUT2D eigenvalue weighted by Crippen LogP contribution is -2.49. The molecular weight excluding hydrogens is 252 g/mol. The second-order valence-electron chi connectivity index (χ2n) is 4.69. The highest BCUT2D eigenvalue weighted by atomic mass is 35.5. The van der Waals surface area contributed by atoms with Crippen LogP contribution in [0, 0.1) is 0 Å². The third-order valence-electron chi connectivity index (χ3n) is 3.35. The summed E-state index contributed by atoms with van der Waals surface area (Å²) in [6.45, 7) is 0. The summed E-state index contributed by atoms with van der Waals surface area (Å²) in [6, 6.07) is 4.47. The second kappa shape index (κ2) is 5.59. The Hall–Kier alpha value is -1.26. The van der Waals surface area contributed by atoms with E-state index in [0.717, 1.165) is 25.7 Å². The largest absolute Gasteiger partial charge is 0.506 e. The lowest BCUT2D eigenvalue weighted by Gasteiger charge is -2.29. The van der Waals surface area contributed by atoms with Crippen molar-refractivity contribution in [2.45, 2.75) is 37.8 Å². The quantitative estimate of drug-likeness (QED) is 0.768. The number of phenols is 1. The molecule has 0 aliphatic heterocycles. The number of aromatic hydroxyl groups is 1. The molecule has 0 aromatic heterocycles. The molecule has 0 heterocycles. The molecule has 1 fully saturated rings. The maximum absolute atomic E-state index is 12.0. The van der Waals surface area contributed by atoms with Crippen molar-refractivity contribution in [2.24, 2.45) is 5.73 Å². The normalized spacial score (nSPS) is 23.7. The molecule has 4 nitrogen and oxygen atoms in total. The van der Waals surface area contributed by atoms with Gasteiger partial charge >= 0.3 is 0 Å². The van der Waals surface area contributed by atoms with Gasteiger partial charge in [-0.2, -0.15) is 0 Å². The molecule has 5 heteroatoms. The summed E-state index contributed by atoms with van der Waals surface area (Å²) < 4.78 is 0. The van der Waals surface area contributed by atoms with Crippen molar-refractivity contribution in [3.8, 4) is 5.75 Å². The number of carbonyl (C=O) groups is 1. The molecule has 1 aliphatic rings. The molecule has 98 valence electrons. The summed E-state index contributed by atoms with van der Waals surface area (Å²) in [7, 11) is 0. The molecule has 2 rings (SSSR count). The Kier molecular flexibility index (Phi) is 4.09. The van der Waals surface area contributed by atoms with E-state index in [-0.39, 0.29) is 28.8 Å². The smallest absolute Gasteiger partial charge is 0.251 e. The molecule has 0 radical (unpaired) electrons. The average molecular weight is 269 g/mol. The fraction of sp³-hybridized carbons (Fsp3) is 0.462. The van der Waals surface area contributed by atoms with E-state index in [9.17, 15) is 9.90 Å². The van der Waals surface area contributed by atoms with Crippen LogP contribution in [-0.4, -0.2) is 23.1 Å². The summed E-state index contributed by atoms with van der Waals surface area (Å²) in [6.07, 6.45) is 4.08. The van der Waals surface area contributed by atoms with Gasteiger partial charge in [-0.1, -0.05) is 24.4 Å². The minimum atomic E-state index is -0.195. The van der Waals surface area contributed by atoms with Crippen molar-refractivity contribution in [3.63, 3.8) is 0 Å². The molecule has 1 aromatic rings. The fourth-order valence-corrected chi connectivity index (χ4v) is 2.42. The second-order valence-corrected chi connectivity index (χ2v) is 5.10. The number of nitrogens with one attached hydrogen (secondary N) is 1. The van der Waals surface area contributed by atoms with Gasteiger partial charge in [-0.3, -0.25) is 4.79 Å². The van der Waals surface area contributed by atoms with Crippen LogP contribution in [0.15, 0.2) is 18.2 Å². The zero-order valence-electron chi connectivity index (χ0n) is 10.0. The summed E-state index contributed by atoms with van der Waals surface area (Å²) >= 11 is 5.77. The van der Waals surface area contributed by atoms with Crippen molar-refractivity contribution >= 4 is 17.5 Å². The number of rotatable bonds is 2. The van der Waals surface area contributed by atoms with Crippen LogP contribution in [0.1, 0.15) is 36.0 Å². The molecule has 0 saturated heterocycles. The minimum absolute atomic E-state index is 0.0234. The Balaban J connectivity index is 2.04. The molecule has 0 spiro atoms. The first-order valence-electron chi connectivity index (χ1n) is 6.13. The van der Waals surface area contributed by atoms with Crippen LogP contribution in [0.5, 0.6) is 5.75 Å². The van der Waals surface area contributed by atoms with E-state index in [4.69, 9.17) is 17.3 Å². The fourth-order valence-electron chi connectivity index (χ4n) is 2.24. The third-order valence-corrected chi connectivity index (χ3v) is 3.65. The van der Waals surface area contributed by atoms with Crippen LogP contribution >= 0.6 is 11.6 Å². The zero-order valence-corrected chi connectivity index (χ0v) is 10.8. The average Bonchev–Trinajstić information content (AvgIpc) is 2.35. The van der Waals surface area contributed by atoms with Crippen LogP contribution in [0.2, 0.25) is 5.02 Å². The Morgan fingerprint density at radius 1 is 1.39 bits per heavy atom. The highest BCUT2D eigenvalue weighted by Gasteiger charge is 2.23. The number of amides is 1. The van der Waals surface area contributed by atoms with Crippen LogP contribution in [0.25, 0.3) is 0 Å². The molecule has 1 saturated carbocycles. The predicted octanol–water partition coefficient (Wildman–Crippen LogP) is 2.05. The van der Waals surface area contributed by atoms with Crippen LogP contribution < -0.4 is 11.1 Å². The highest BCUT2D eigenvalue weighted by Crippen LogP contribution is 2.24. The van der Waals surface area contributed by atoms with E-state index in [1.807, 2.05) is 0 Å². The molecule has 4 N–H and O–H groups in total. The van der Waals surface area contributed by atoms with Crippen LogP contribution in [0.4, 0.5) is 0 Å². The molecule has 18 heavy (non-hydrogen) atoms. The van der Waals surface area contributed by atoms with Crippen molar-refractivity contribution in [3.05, 3.63) is 28.8 Å². The van der Waals surface area contributed by atoms with Gasteiger partial charge in [-0.05, 0) is 31.0 Å². The molecule has 1 aromatic carbocycles. The summed E-state index contributed by atoms with van der Waals surface area (Å²) in [4.78, 5) is 12.0. The lowest BCUT2D eigenvalue weighted by atomic mass is 9.91. The third kappa shape index (κ3) is 2.94. The van der Waals surface area contributed by atoms with Gasteiger partial charge in [-0.15, -0.1) is 0 Å². The van der Waals surface area contributed by atoms with Gasteiger partial charge in [0.25, 0.3) is 5.91 Å². The molecule has 2 unspecified atom stereocenters. The number of phenolic OH excluding ortho intramolecular Hbond substituents is 1. The van der Waals surface area contributed by atoms with Gasteiger partial charge in [0, 0.05) is 17.6 Å². The Labute approximate surface area is 111 Å². The number of nitrogens with two attached hydrogens (primary N) is 1. The maximum atomic E-state index is 12.0. The summed E-state index contributed by atoms with van der Waals surface area (Å²) in [5.74, 6) is -0.221. The van der Waals surface area contributed by atoms with E-state index >= 15 is 0 Å². The predicted molar refractivity (Wildman–Crippen MR) is 70.8 cm³/mol. The van der Waals surface area contributed by atoms with E-state index in [1.54, 1.807) is 6.07 Å². The molecule has 1 aliphatic carbocycles. The van der Waals surface area contributed by atoms with E-state index < -0.39 is 0 Å². The lowest BCUT2D eigenvalue weighted by molar-refractivity contribution is 0.0921. The molecule has 2 atom stereocenters. The monoisotopic (exact) mass is 268 g/mol. The standard InChI is InChI=1S/C13H17ClN2O2/c14-9-7-8(5-6-12(9)17)13(18)16-11-4-2-1-3-10(11)15/h5-7,10-11,17H,1-4,15H2,(H,16,18). The minimum Gasteiger partial charge on any atom is -0.506 e. The van der Waals surface area contributed by atoms with Gasteiger partial charge in [0.2, 0.25) is 0 Å². The first-order valence-corrected chi connectivity index (χ1v) is 6.50. The first kappa shape index (κ1) is 13.2. The summed E-state index contributed by atoms with van der Waals surface area (Å²) in [5.41, 5.74) is 6.42. The van der Waals surface area contributed by atoms with Crippen LogP contribution in [0.3, 0.4) is 0 Å². The SMILES string of the molecule is NC1CCCCC1NC(=O)c1ccc(O)c(Cl)c1. The molecule has 0 bridgehead atoms. The van der Waals surface area contributed by atoms with Gasteiger partial charge < -0.3 is 16.2 Å². The van der Waals surface area contributed by atoms with E-state index in [1.165, 1.54) is 12.1 Å². The van der Waals surface area contributed by atoms with Gasteiger partial charge in [0.15, 0.2) is 0 Å². The molecule has 1 amide bonds. The first-order chi connectivity index (χ1) is 8.58. The van der Waals surface area contributed by atoms with Crippen molar-refractivity contribution in [2.75, 3.05) is 0 Å². The van der Waals surface area contributed by atoms with Crippen LogP contribution in [-0.2, 0) is 0 Å². The topological polar surface area (TPSA) is 75.3 Å². The zero-order chi connectivity index (χ0) is 13.1. The number of hydrogen-bond donors (Lipinski definition) is 3. The Bertz CT molecular complexity index is 451. The van der Waals surface area contributed by atoms with Gasteiger partial charge in [0.05, 0.1) is 5.02 Å². The maximum Gasteiger partial charge on any atom is 0.251 e. The number of benzene rings is 1. The Morgan fingerprint density at radius 3 is 2.78 bits per heavy atom. The number of hydrogen-bond acceptors (Lipinski definition) is 3. The van der Waals surface area contributed by atoms with Gasteiger partial charge in [0.1, 0.15) is 5.75 Å².